The molecule has 6 heteroatoms. The van der Waals surface area contributed by atoms with Crippen LogP contribution in [-0.2, 0) is 4.79 Å². The number of carboxylic acid groups (broad SMARTS) is 1. The predicted molar refractivity (Wildman–Crippen MR) is 59.1 cm³/mol. The van der Waals surface area contributed by atoms with E-state index in [0.29, 0.717) is 13.0 Å². The molecule has 0 aliphatic heterocycles. The molecule has 3 N–H and O–H groups in total. The summed E-state index contributed by atoms with van der Waals surface area (Å²) in [6.45, 7) is 2.41. The van der Waals surface area contributed by atoms with Crippen LogP contribution in [0.1, 0.15) is 19.8 Å². The molecule has 0 fully saturated rings. The van der Waals surface area contributed by atoms with Gasteiger partial charge < -0.3 is 20.4 Å². The van der Waals surface area contributed by atoms with Gasteiger partial charge >= 0.3 is 12.0 Å². The number of hydrogen-bond donors (Lipinski definition) is 3. The Labute approximate surface area is 95.2 Å². The van der Waals surface area contributed by atoms with Crippen molar-refractivity contribution >= 4 is 12.0 Å². The van der Waals surface area contributed by atoms with Crippen LogP contribution in [0.15, 0.2) is 0 Å². The molecule has 0 spiro atoms. The zero-order chi connectivity index (χ0) is 12.6. The summed E-state index contributed by atoms with van der Waals surface area (Å²) < 4.78 is 0. The Morgan fingerprint density at radius 1 is 1.44 bits per heavy atom. The van der Waals surface area contributed by atoms with Crippen LogP contribution in [0.2, 0.25) is 0 Å². The second-order valence-corrected chi connectivity index (χ2v) is 3.70. The van der Waals surface area contributed by atoms with Crippen LogP contribution in [0.25, 0.3) is 0 Å². The minimum atomic E-state index is -0.857. The fraction of sp³-hybridized carbons (Fsp3) is 0.800. The van der Waals surface area contributed by atoms with Gasteiger partial charge in [-0.2, -0.15) is 0 Å². The van der Waals surface area contributed by atoms with Gasteiger partial charge in [0.05, 0.1) is 6.61 Å². The van der Waals surface area contributed by atoms with Gasteiger partial charge in [-0.25, -0.2) is 4.79 Å². The molecule has 1 atom stereocenters. The summed E-state index contributed by atoms with van der Waals surface area (Å²) in [5.41, 5.74) is 0. The summed E-state index contributed by atoms with van der Waals surface area (Å²) in [7, 11) is 1.57. The summed E-state index contributed by atoms with van der Waals surface area (Å²) in [5, 5.41) is 19.9. The van der Waals surface area contributed by atoms with E-state index in [9.17, 15) is 9.59 Å². The molecule has 6 nitrogen and oxygen atoms in total. The first-order chi connectivity index (χ1) is 7.51. The molecule has 0 radical (unpaired) electrons. The van der Waals surface area contributed by atoms with Gasteiger partial charge in [-0.05, 0) is 5.92 Å². The second-order valence-electron chi connectivity index (χ2n) is 3.70. The standard InChI is InChI=1S/C10H20N2O4/c1-3-8(6-9(14)15)7-11-10(16)12(2)4-5-13/h8,13H,3-7H2,1-2H3,(H,11,16)(H,14,15). The van der Waals surface area contributed by atoms with E-state index in [-0.39, 0.29) is 31.5 Å². The van der Waals surface area contributed by atoms with E-state index >= 15 is 0 Å². The number of amides is 2. The number of carbonyl (C=O) groups is 2. The topological polar surface area (TPSA) is 89.9 Å². The second kappa shape index (κ2) is 7.92. The highest BCUT2D eigenvalue weighted by Gasteiger charge is 2.13. The highest BCUT2D eigenvalue weighted by molar-refractivity contribution is 5.74. The first-order valence-corrected chi connectivity index (χ1v) is 5.32. The van der Waals surface area contributed by atoms with E-state index in [1.807, 2.05) is 6.92 Å². The van der Waals surface area contributed by atoms with Crippen molar-refractivity contribution in [3.05, 3.63) is 0 Å². The van der Waals surface area contributed by atoms with Gasteiger partial charge in [0.1, 0.15) is 0 Å². The number of nitrogens with one attached hydrogen (secondary N) is 1. The Bertz CT molecular complexity index is 233. The van der Waals surface area contributed by atoms with Crippen LogP contribution in [0.5, 0.6) is 0 Å². The van der Waals surface area contributed by atoms with E-state index < -0.39 is 5.97 Å². The summed E-state index contributed by atoms with van der Waals surface area (Å²) in [6, 6.07) is -0.294. The molecule has 0 aliphatic rings. The summed E-state index contributed by atoms with van der Waals surface area (Å²) in [4.78, 5) is 23.2. The molecular weight excluding hydrogens is 212 g/mol. The van der Waals surface area contributed by atoms with E-state index in [0.717, 1.165) is 0 Å². The SMILES string of the molecule is CCC(CNC(=O)N(C)CCO)CC(=O)O. The number of nitrogens with zero attached hydrogens (tertiary/aromatic N) is 1. The highest BCUT2D eigenvalue weighted by atomic mass is 16.4. The number of carboxylic acids is 1. The summed E-state index contributed by atoms with van der Waals surface area (Å²) in [5.74, 6) is -0.909. The lowest BCUT2D eigenvalue weighted by molar-refractivity contribution is -0.138. The minimum absolute atomic E-state index is 0.0519. The number of likely N-dealkylation sites (N-methyl/N-ethyl adjacent to an activating group) is 1. The lowest BCUT2D eigenvalue weighted by atomic mass is 10.0. The number of aliphatic carboxylic acids is 1. The van der Waals surface area contributed by atoms with Gasteiger partial charge in [-0.15, -0.1) is 0 Å². The maximum atomic E-state index is 11.4. The van der Waals surface area contributed by atoms with Crippen molar-refractivity contribution in [1.29, 1.82) is 0 Å². The minimum Gasteiger partial charge on any atom is -0.481 e. The van der Waals surface area contributed by atoms with E-state index in [1.54, 1.807) is 7.05 Å². The molecule has 0 aromatic rings. The van der Waals surface area contributed by atoms with Crippen molar-refractivity contribution in [3.63, 3.8) is 0 Å². The maximum Gasteiger partial charge on any atom is 0.317 e. The third-order valence-electron chi connectivity index (χ3n) is 2.36. The molecule has 0 rings (SSSR count). The highest BCUT2D eigenvalue weighted by Crippen LogP contribution is 2.06. The number of urea groups is 1. The lowest BCUT2D eigenvalue weighted by Crippen LogP contribution is -2.41. The number of rotatable bonds is 7. The van der Waals surface area contributed by atoms with E-state index in [2.05, 4.69) is 5.32 Å². The van der Waals surface area contributed by atoms with E-state index in [4.69, 9.17) is 10.2 Å². The fourth-order valence-electron chi connectivity index (χ4n) is 1.23. The van der Waals surface area contributed by atoms with Gasteiger partial charge in [0, 0.05) is 26.6 Å². The van der Waals surface area contributed by atoms with Crippen LogP contribution in [0.3, 0.4) is 0 Å². The molecule has 0 aliphatic carbocycles. The zero-order valence-electron chi connectivity index (χ0n) is 9.77. The van der Waals surface area contributed by atoms with Crippen molar-refractivity contribution in [2.45, 2.75) is 19.8 Å². The molecule has 94 valence electrons. The molecule has 0 saturated heterocycles. The number of aliphatic hydroxyl groups excluding tert-OH is 1. The first-order valence-electron chi connectivity index (χ1n) is 5.32. The monoisotopic (exact) mass is 232 g/mol. The van der Waals surface area contributed by atoms with Crippen LogP contribution < -0.4 is 5.32 Å². The smallest absolute Gasteiger partial charge is 0.317 e. The zero-order valence-corrected chi connectivity index (χ0v) is 9.77. The Kier molecular flexibility index (Phi) is 7.28. The molecule has 1 unspecified atom stereocenters. The quantitative estimate of drug-likeness (QED) is 0.581. The Morgan fingerprint density at radius 3 is 2.50 bits per heavy atom. The molecular formula is C10H20N2O4. The Balaban J connectivity index is 3.91. The van der Waals surface area contributed by atoms with Crippen molar-refractivity contribution in [2.75, 3.05) is 26.7 Å². The van der Waals surface area contributed by atoms with Gasteiger partial charge in [0.15, 0.2) is 0 Å². The predicted octanol–water partition coefficient (Wildman–Crippen LogP) is 0.121. The van der Waals surface area contributed by atoms with E-state index in [1.165, 1.54) is 4.90 Å². The third-order valence-corrected chi connectivity index (χ3v) is 2.36. The normalized spacial score (nSPS) is 11.9. The molecule has 0 aromatic heterocycles. The number of carbonyl (C=O) groups excluding carboxylic acids is 1. The largest absolute Gasteiger partial charge is 0.481 e. The summed E-state index contributed by atoms with van der Waals surface area (Å²) >= 11 is 0. The Hall–Kier alpha value is -1.30. The van der Waals surface area contributed by atoms with Crippen molar-refractivity contribution in [1.82, 2.24) is 10.2 Å². The third kappa shape index (κ3) is 6.23. The van der Waals surface area contributed by atoms with Crippen molar-refractivity contribution in [2.24, 2.45) is 5.92 Å². The van der Waals surface area contributed by atoms with Crippen LogP contribution in [-0.4, -0.2) is 53.9 Å². The average molecular weight is 232 g/mol. The molecule has 2 amide bonds. The Morgan fingerprint density at radius 2 is 2.06 bits per heavy atom. The van der Waals surface area contributed by atoms with Crippen LogP contribution >= 0.6 is 0 Å². The van der Waals surface area contributed by atoms with Gasteiger partial charge in [0.25, 0.3) is 0 Å². The lowest BCUT2D eigenvalue weighted by Gasteiger charge is -2.19. The molecule has 0 bridgehead atoms. The van der Waals surface area contributed by atoms with Gasteiger partial charge in [-0.3, -0.25) is 4.79 Å². The number of aliphatic hydroxyl groups is 1. The molecule has 16 heavy (non-hydrogen) atoms. The van der Waals surface area contributed by atoms with Crippen LogP contribution in [0, 0.1) is 5.92 Å². The van der Waals surface area contributed by atoms with Crippen molar-refractivity contribution in [3.8, 4) is 0 Å². The maximum absolute atomic E-state index is 11.4. The molecule has 0 saturated carbocycles. The average Bonchev–Trinajstić information content (AvgIpc) is 2.23. The first kappa shape index (κ1) is 14.7. The van der Waals surface area contributed by atoms with Gasteiger partial charge in [0.2, 0.25) is 0 Å². The molecule has 0 heterocycles. The van der Waals surface area contributed by atoms with Gasteiger partial charge in [-0.1, -0.05) is 13.3 Å². The fourth-order valence-corrected chi connectivity index (χ4v) is 1.23. The number of hydrogen-bond acceptors (Lipinski definition) is 3. The summed E-state index contributed by atoms with van der Waals surface area (Å²) in [6.07, 6.45) is 0.761. The van der Waals surface area contributed by atoms with Crippen molar-refractivity contribution < 1.29 is 19.8 Å². The molecule has 0 aromatic carbocycles. The van der Waals surface area contributed by atoms with Crippen LogP contribution in [0.4, 0.5) is 4.79 Å².